The normalized spacial score (nSPS) is 21.8. The average Bonchev–Trinajstić information content (AvgIpc) is 2.78. The molecule has 1 saturated heterocycles. The molecule has 0 aromatic carbocycles. The molecular formula is C11H13N3O4S2. The van der Waals surface area contributed by atoms with Gasteiger partial charge in [-0.2, -0.15) is 9.57 Å². The molecule has 20 heavy (non-hydrogen) atoms. The van der Waals surface area contributed by atoms with Gasteiger partial charge in [0.1, 0.15) is 11.0 Å². The Labute approximate surface area is 117 Å². The van der Waals surface area contributed by atoms with Crippen LogP contribution in [0.4, 0.5) is 0 Å². The van der Waals surface area contributed by atoms with Crippen molar-refractivity contribution in [2.75, 3.05) is 18.6 Å². The fourth-order valence-corrected chi connectivity index (χ4v) is 5.44. The van der Waals surface area contributed by atoms with Crippen molar-refractivity contribution >= 4 is 19.9 Å². The van der Waals surface area contributed by atoms with Crippen LogP contribution < -0.4 is 0 Å². The van der Waals surface area contributed by atoms with E-state index in [2.05, 4.69) is 4.98 Å². The van der Waals surface area contributed by atoms with Gasteiger partial charge < -0.3 is 0 Å². The van der Waals surface area contributed by atoms with E-state index in [1.165, 1.54) is 25.4 Å². The van der Waals surface area contributed by atoms with Crippen LogP contribution in [0.5, 0.6) is 0 Å². The third kappa shape index (κ3) is 2.67. The van der Waals surface area contributed by atoms with E-state index in [0.717, 1.165) is 4.31 Å². The SMILES string of the molecule is CN(C1CCS(=O)(=O)C1)S(=O)(=O)c1cccnc1C#N. The molecule has 1 unspecified atom stereocenters. The first-order valence-corrected chi connectivity index (χ1v) is 9.07. The molecule has 2 rings (SSSR count). The molecule has 2 heterocycles. The molecule has 0 spiro atoms. The number of nitriles is 1. The molecule has 1 atom stereocenters. The maximum absolute atomic E-state index is 12.4. The van der Waals surface area contributed by atoms with E-state index in [9.17, 15) is 16.8 Å². The van der Waals surface area contributed by atoms with Gasteiger partial charge in [0.25, 0.3) is 0 Å². The number of hydrogen-bond donors (Lipinski definition) is 0. The van der Waals surface area contributed by atoms with Crippen LogP contribution in [-0.2, 0) is 19.9 Å². The molecule has 0 aliphatic carbocycles. The van der Waals surface area contributed by atoms with Gasteiger partial charge in [-0.3, -0.25) is 0 Å². The summed E-state index contributed by atoms with van der Waals surface area (Å²) in [6.07, 6.45) is 1.60. The van der Waals surface area contributed by atoms with Gasteiger partial charge in [0.05, 0.1) is 11.5 Å². The molecule has 0 N–H and O–H groups in total. The molecule has 0 saturated carbocycles. The van der Waals surface area contributed by atoms with Crippen LogP contribution in [0.3, 0.4) is 0 Å². The average molecular weight is 315 g/mol. The second-order valence-corrected chi connectivity index (χ2v) is 8.73. The van der Waals surface area contributed by atoms with Crippen LogP contribution >= 0.6 is 0 Å². The maximum atomic E-state index is 12.4. The van der Waals surface area contributed by atoms with Gasteiger partial charge in [-0.1, -0.05) is 0 Å². The number of hydrogen-bond acceptors (Lipinski definition) is 6. The van der Waals surface area contributed by atoms with Crippen LogP contribution in [0.25, 0.3) is 0 Å². The minimum Gasteiger partial charge on any atom is -0.244 e. The van der Waals surface area contributed by atoms with Gasteiger partial charge in [-0.15, -0.1) is 0 Å². The van der Waals surface area contributed by atoms with E-state index in [-0.39, 0.29) is 28.5 Å². The first kappa shape index (κ1) is 14.9. The number of sulfonamides is 1. The zero-order valence-electron chi connectivity index (χ0n) is 10.7. The Morgan fingerprint density at radius 2 is 2.20 bits per heavy atom. The summed E-state index contributed by atoms with van der Waals surface area (Å²) in [6, 6.07) is 3.84. The third-order valence-corrected chi connectivity index (χ3v) is 6.95. The van der Waals surface area contributed by atoms with E-state index in [4.69, 9.17) is 5.26 Å². The van der Waals surface area contributed by atoms with Crippen molar-refractivity contribution < 1.29 is 16.8 Å². The fourth-order valence-electron chi connectivity index (χ4n) is 2.10. The van der Waals surface area contributed by atoms with E-state index in [0.29, 0.717) is 0 Å². The number of sulfone groups is 1. The molecule has 9 heteroatoms. The van der Waals surface area contributed by atoms with Gasteiger partial charge in [0.15, 0.2) is 15.5 Å². The van der Waals surface area contributed by atoms with Crippen LogP contribution in [-0.4, -0.2) is 50.7 Å². The van der Waals surface area contributed by atoms with Gasteiger partial charge in [-0.05, 0) is 18.6 Å². The zero-order valence-corrected chi connectivity index (χ0v) is 12.4. The zero-order chi connectivity index (χ0) is 15.0. The monoisotopic (exact) mass is 315 g/mol. The Morgan fingerprint density at radius 1 is 1.50 bits per heavy atom. The summed E-state index contributed by atoms with van der Waals surface area (Å²) in [5.41, 5.74) is -0.194. The summed E-state index contributed by atoms with van der Waals surface area (Å²) in [5, 5.41) is 8.92. The fraction of sp³-hybridized carbons (Fsp3) is 0.455. The molecule has 1 fully saturated rings. The predicted molar refractivity (Wildman–Crippen MR) is 71.0 cm³/mol. The molecule has 1 aliphatic heterocycles. The lowest BCUT2D eigenvalue weighted by atomic mass is 10.3. The minimum absolute atomic E-state index is 0.0182. The summed E-state index contributed by atoms with van der Waals surface area (Å²) in [6.45, 7) is 0. The lowest BCUT2D eigenvalue weighted by molar-refractivity contribution is 0.393. The Hall–Kier alpha value is -1.50. The molecule has 108 valence electrons. The molecule has 1 aliphatic rings. The van der Waals surface area contributed by atoms with Crippen molar-refractivity contribution in [3.63, 3.8) is 0 Å². The van der Waals surface area contributed by atoms with Crippen molar-refractivity contribution in [1.82, 2.24) is 9.29 Å². The number of nitrogens with zero attached hydrogens (tertiary/aromatic N) is 3. The van der Waals surface area contributed by atoms with Gasteiger partial charge in [0.2, 0.25) is 10.0 Å². The van der Waals surface area contributed by atoms with Crippen molar-refractivity contribution in [3.05, 3.63) is 24.0 Å². The minimum atomic E-state index is -3.93. The number of aromatic nitrogens is 1. The van der Waals surface area contributed by atoms with E-state index >= 15 is 0 Å². The van der Waals surface area contributed by atoms with Crippen LogP contribution in [0.15, 0.2) is 23.2 Å². The molecule has 0 radical (unpaired) electrons. The molecule has 1 aromatic rings. The van der Waals surface area contributed by atoms with Crippen LogP contribution in [0.1, 0.15) is 12.1 Å². The lowest BCUT2D eigenvalue weighted by Gasteiger charge is -2.22. The lowest BCUT2D eigenvalue weighted by Crippen LogP contribution is -2.38. The van der Waals surface area contributed by atoms with Gasteiger partial charge in [0, 0.05) is 19.3 Å². The molecule has 1 aromatic heterocycles. The van der Waals surface area contributed by atoms with Crippen LogP contribution in [0.2, 0.25) is 0 Å². The van der Waals surface area contributed by atoms with Crippen molar-refractivity contribution in [2.24, 2.45) is 0 Å². The second-order valence-electron chi connectivity index (χ2n) is 4.54. The largest absolute Gasteiger partial charge is 0.245 e. The molecule has 0 amide bonds. The maximum Gasteiger partial charge on any atom is 0.245 e. The highest BCUT2D eigenvalue weighted by molar-refractivity contribution is 7.92. The number of pyridine rings is 1. The molecule has 7 nitrogen and oxygen atoms in total. The smallest absolute Gasteiger partial charge is 0.244 e. The third-order valence-electron chi connectivity index (χ3n) is 3.26. The first-order valence-electron chi connectivity index (χ1n) is 5.81. The second kappa shape index (κ2) is 5.12. The highest BCUT2D eigenvalue weighted by atomic mass is 32.2. The summed E-state index contributed by atoms with van der Waals surface area (Å²) in [4.78, 5) is 3.52. The number of rotatable bonds is 3. The topological polar surface area (TPSA) is 108 Å². The standard InChI is InChI=1S/C11H13N3O4S2/c1-14(9-4-6-19(15,16)8-9)20(17,18)11-3-2-5-13-10(11)7-12/h2-3,5,9H,4,6,8H2,1H3. The van der Waals surface area contributed by atoms with E-state index < -0.39 is 25.9 Å². The van der Waals surface area contributed by atoms with E-state index in [1.54, 1.807) is 6.07 Å². The highest BCUT2D eigenvalue weighted by Gasteiger charge is 2.37. The summed E-state index contributed by atoms with van der Waals surface area (Å²) >= 11 is 0. The Balaban J connectivity index is 2.39. The van der Waals surface area contributed by atoms with Crippen molar-refractivity contribution in [3.8, 4) is 6.07 Å². The summed E-state index contributed by atoms with van der Waals surface area (Å²) in [5.74, 6) is -0.208. The Kier molecular flexibility index (Phi) is 3.82. The Bertz CT molecular complexity index is 765. The Morgan fingerprint density at radius 3 is 2.75 bits per heavy atom. The molecule has 0 bridgehead atoms. The van der Waals surface area contributed by atoms with Crippen molar-refractivity contribution in [2.45, 2.75) is 17.4 Å². The highest BCUT2D eigenvalue weighted by Crippen LogP contribution is 2.24. The first-order chi connectivity index (χ1) is 9.28. The van der Waals surface area contributed by atoms with E-state index in [1.807, 2.05) is 0 Å². The molecular weight excluding hydrogens is 302 g/mol. The van der Waals surface area contributed by atoms with Gasteiger partial charge in [-0.25, -0.2) is 21.8 Å². The summed E-state index contributed by atoms with van der Waals surface area (Å²) < 4.78 is 48.8. The predicted octanol–water partition coefficient (Wildman–Crippen LogP) is -0.239. The van der Waals surface area contributed by atoms with Gasteiger partial charge >= 0.3 is 0 Å². The van der Waals surface area contributed by atoms with Crippen LogP contribution in [0, 0.1) is 11.3 Å². The quantitative estimate of drug-likeness (QED) is 0.761. The van der Waals surface area contributed by atoms with Crippen molar-refractivity contribution in [1.29, 1.82) is 5.26 Å². The summed E-state index contributed by atoms with van der Waals surface area (Å²) in [7, 11) is -5.79.